The maximum Gasteiger partial charge on any atom is 0.172 e. The fourth-order valence-electron chi connectivity index (χ4n) is 1.73. The molecule has 0 atom stereocenters. The van der Waals surface area contributed by atoms with Crippen LogP contribution in [0.3, 0.4) is 0 Å². The number of rotatable bonds is 2. The quantitative estimate of drug-likeness (QED) is 0.723. The van der Waals surface area contributed by atoms with Gasteiger partial charge in [0, 0.05) is 13.1 Å². The van der Waals surface area contributed by atoms with Crippen LogP contribution in [0.15, 0.2) is 30.3 Å². The van der Waals surface area contributed by atoms with Crippen molar-refractivity contribution >= 4 is 5.78 Å². The standard InChI is InChI=1S/C12H15NO2/c14-12-9-13(6-7-15-10-12)8-11-4-2-1-3-5-11/h1-5H,6-10H2. The lowest BCUT2D eigenvalue weighted by atomic mass is 10.2. The molecule has 1 aliphatic heterocycles. The summed E-state index contributed by atoms with van der Waals surface area (Å²) in [7, 11) is 0. The van der Waals surface area contributed by atoms with Crippen molar-refractivity contribution in [1.82, 2.24) is 4.90 Å². The van der Waals surface area contributed by atoms with Gasteiger partial charge in [-0.1, -0.05) is 30.3 Å². The molecule has 0 aliphatic carbocycles. The Balaban J connectivity index is 1.96. The Morgan fingerprint density at radius 2 is 2.07 bits per heavy atom. The van der Waals surface area contributed by atoms with Crippen molar-refractivity contribution in [3.8, 4) is 0 Å². The maximum absolute atomic E-state index is 11.3. The Labute approximate surface area is 89.7 Å². The van der Waals surface area contributed by atoms with E-state index in [0.29, 0.717) is 13.2 Å². The van der Waals surface area contributed by atoms with Crippen LogP contribution >= 0.6 is 0 Å². The Bertz CT molecular complexity index is 324. The van der Waals surface area contributed by atoms with Crippen LogP contribution in [-0.4, -0.2) is 37.0 Å². The van der Waals surface area contributed by atoms with Gasteiger partial charge in [0.2, 0.25) is 0 Å². The molecular weight excluding hydrogens is 190 g/mol. The van der Waals surface area contributed by atoms with E-state index in [4.69, 9.17) is 4.74 Å². The van der Waals surface area contributed by atoms with Crippen LogP contribution in [-0.2, 0) is 16.1 Å². The Hall–Kier alpha value is -1.19. The number of carbonyl (C=O) groups is 1. The molecule has 0 unspecified atom stereocenters. The van der Waals surface area contributed by atoms with E-state index in [1.807, 2.05) is 18.2 Å². The van der Waals surface area contributed by atoms with E-state index in [9.17, 15) is 4.79 Å². The second-order valence-electron chi connectivity index (χ2n) is 3.79. The zero-order valence-corrected chi connectivity index (χ0v) is 8.69. The van der Waals surface area contributed by atoms with Crippen LogP contribution in [0.5, 0.6) is 0 Å². The van der Waals surface area contributed by atoms with Gasteiger partial charge in [-0.05, 0) is 5.56 Å². The summed E-state index contributed by atoms with van der Waals surface area (Å²) in [6.45, 7) is 3.09. The molecule has 0 N–H and O–H groups in total. The van der Waals surface area contributed by atoms with E-state index in [1.54, 1.807) is 0 Å². The molecule has 3 nitrogen and oxygen atoms in total. The summed E-state index contributed by atoms with van der Waals surface area (Å²) in [5, 5.41) is 0. The van der Waals surface area contributed by atoms with Crippen LogP contribution in [0.1, 0.15) is 5.56 Å². The summed E-state index contributed by atoms with van der Waals surface area (Å²) < 4.78 is 5.18. The first-order valence-electron chi connectivity index (χ1n) is 5.20. The average Bonchev–Trinajstić information content (AvgIpc) is 2.44. The molecule has 0 bridgehead atoms. The summed E-state index contributed by atoms with van der Waals surface area (Å²) in [6.07, 6.45) is 0. The zero-order valence-electron chi connectivity index (χ0n) is 8.69. The van der Waals surface area contributed by atoms with Crippen molar-refractivity contribution < 1.29 is 9.53 Å². The van der Waals surface area contributed by atoms with E-state index in [0.717, 1.165) is 13.1 Å². The molecule has 80 valence electrons. The van der Waals surface area contributed by atoms with Crippen molar-refractivity contribution in [3.63, 3.8) is 0 Å². The Morgan fingerprint density at radius 3 is 2.87 bits per heavy atom. The third kappa shape index (κ3) is 3.15. The lowest BCUT2D eigenvalue weighted by molar-refractivity contribution is -0.122. The third-order valence-corrected chi connectivity index (χ3v) is 2.46. The highest BCUT2D eigenvalue weighted by Crippen LogP contribution is 2.05. The molecule has 2 rings (SSSR count). The topological polar surface area (TPSA) is 29.5 Å². The number of benzene rings is 1. The van der Waals surface area contributed by atoms with E-state index in [-0.39, 0.29) is 12.4 Å². The zero-order chi connectivity index (χ0) is 10.5. The van der Waals surface area contributed by atoms with Gasteiger partial charge in [0.05, 0.1) is 13.2 Å². The lowest BCUT2D eigenvalue weighted by Gasteiger charge is -2.17. The van der Waals surface area contributed by atoms with Crippen LogP contribution < -0.4 is 0 Å². The van der Waals surface area contributed by atoms with Crippen molar-refractivity contribution in [2.45, 2.75) is 6.54 Å². The summed E-state index contributed by atoms with van der Waals surface area (Å²) in [5.41, 5.74) is 1.24. The normalized spacial score (nSPS) is 18.8. The molecule has 1 heterocycles. The number of nitrogens with zero attached hydrogens (tertiary/aromatic N) is 1. The smallest absolute Gasteiger partial charge is 0.172 e. The average molecular weight is 205 g/mol. The van der Waals surface area contributed by atoms with Crippen LogP contribution in [0.4, 0.5) is 0 Å². The highest BCUT2D eigenvalue weighted by Gasteiger charge is 2.14. The number of hydrogen-bond acceptors (Lipinski definition) is 3. The van der Waals surface area contributed by atoms with E-state index in [1.165, 1.54) is 5.56 Å². The monoisotopic (exact) mass is 205 g/mol. The highest BCUT2D eigenvalue weighted by atomic mass is 16.5. The summed E-state index contributed by atoms with van der Waals surface area (Å²) in [4.78, 5) is 13.4. The third-order valence-electron chi connectivity index (χ3n) is 2.46. The van der Waals surface area contributed by atoms with Crippen LogP contribution in [0.25, 0.3) is 0 Å². The number of ketones is 1. The molecule has 1 aromatic carbocycles. The van der Waals surface area contributed by atoms with Crippen molar-refractivity contribution in [1.29, 1.82) is 0 Å². The van der Waals surface area contributed by atoms with Gasteiger partial charge in [0.25, 0.3) is 0 Å². The minimum Gasteiger partial charge on any atom is -0.372 e. The van der Waals surface area contributed by atoms with Crippen molar-refractivity contribution in [3.05, 3.63) is 35.9 Å². The number of Topliss-reactive ketones (excluding diaryl/α,β-unsaturated/α-hetero) is 1. The first kappa shape index (κ1) is 10.3. The van der Waals surface area contributed by atoms with E-state index < -0.39 is 0 Å². The van der Waals surface area contributed by atoms with Gasteiger partial charge >= 0.3 is 0 Å². The minimum atomic E-state index is 0.170. The number of ether oxygens (including phenoxy) is 1. The first-order chi connectivity index (χ1) is 7.34. The molecule has 0 aromatic heterocycles. The number of hydrogen-bond donors (Lipinski definition) is 0. The molecule has 0 saturated carbocycles. The lowest BCUT2D eigenvalue weighted by Crippen LogP contribution is -2.29. The fourth-order valence-corrected chi connectivity index (χ4v) is 1.73. The SMILES string of the molecule is O=C1COCCN(Cc2ccccc2)C1. The second-order valence-corrected chi connectivity index (χ2v) is 3.79. The maximum atomic E-state index is 11.3. The predicted octanol–water partition coefficient (Wildman–Crippen LogP) is 1.09. The minimum absolute atomic E-state index is 0.170. The van der Waals surface area contributed by atoms with Gasteiger partial charge in [-0.2, -0.15) is 0 Å². The molecule has 1 aromatic rings. The van der Waals surface area contributed by atoms with Crippen LogP contribution in [0.2, 0.25) is 0 Å². The molecule has 0 amide bonds. The predicted molar refractivity (Wildman–Crippen MR) is 57.5 cm³/mol. The second kappa shape index (κ2) is 5.05. The molecule has 0 spiro atoms. The van der Waals surface area contributed by atoms with Gasteiger partial charge < -0.3 is 4.74 Å². The van der Waals surface area contributed by atoms with Crippen molar-refractivity contribution in [2.75, 3.05) is 26.3 Å². The van der Waals surface area contributed by atoms with Gasteiger partial charge in [-0.15, -0.1) is 0 Å². The summed E-state index contributed by atoms with van der Waals surface area (Å²) in [6, 6.07) is 10.2. The van der Waals surface area contributed by atoms with E-state index in [2.05, 4.69) is 17.0 Å². The molecule has 1 fully saturated rings. The summed E-state index contributed by atoms with van der Waals surface area (Å²) in [5.74, 6) is 0.170. The summed E-state index contributed by atoms with van der Waals surface area (Å²) >= 11 is 0. The van der Waals surface area contributed by atoms with Crippen LogP contribution in [0, 0.1) is 0 Å². The Kier molecular flexibility index (Phi) is 3.48. The molecule has 15 heavy (non-hydrogen) atoms. The van der Waals surface area contributed by atoms with Gasteiger partial charge in [0.1, 0.15) is 6.61 Å². The molecule has 3 heteroatoms. The van der Waals surface area contributed by atoms with Gasteiger partial charge in [-0.25, -0.2) is 0 Å². The van der Waals surface area contributed by atoms with E-state index >= 15 is 0 Å². The van der Waals surface area contributed by atoms with Gasteiger partial charge in [0.15, 0.2) is 5.78 Å². The highest BCUT2D eigenvalue weighted by molar-refractivity contribution is 5.81. The first-order valence-corrected chi connectivity index (χ1v) is 5.20. The molecular formula is C12H15NO2. The Morgan fingerprint density at radius 1 is 1.27 bits per heavy atom. The fraction of sp³-hybridized carbons (Fsp3) is 0.417. The molecule has 0 radical (unpaired) electrons. The largest absolute Gasteiger partial charge is 0.372 e. The molecule has 1 aliphatic rings. The van der Waals surface area contributed by atoms with Crippen molar-refractivity contribution in [2.24, 2.45) is 0 Å². The molecule has 1 saturated heterocycles. The van der Waals surface area contributed by atoms with Gasteiger partial charge in [-0.3, -0.25) is 9.69 Å². The number of carbonyl (C=O) groups excluding carboxylic acids is 1.